The summed E-state index contributed by atoms with van der Waals surface area (Å²) in [5.41, 5.74) is 0. The van der Waals surface area contributed by atoms with Crippen LogP contribution in [0.1, 0.15) is 0 Å². The van der Waals surface area contributed by atoms with Crippen molar-refractivity contribution >= 4 is 41.1 Å². The maximum absolute atomic E-state index is 11.4. The van der Waals surface area contributed by atoms with Gasteiger partial charge in [0.1, 0.15) is 10.6 Å². The molecule has 2 rings (SSSR count). The van der Waals surface area contributed by atoms with E-state index < -0.39 is 61.6 Å². The van der Waals surface area contributed by atoms with Gasteiger partial charge in [-0.1, -0.05) is 0 Å². The summed E-state index contributed by atoms with van der Waals surface area (Å²) >= 11 is 0. The number of hydrogen-bond acceptors (Lipinski definition) is 7. The molecule has 4 N–H and O–H groups in total. The second-order valence-electron chi connectivity index (χ2n) is 4.39. The Labute approximate surface area is 207 Å². The molecule has 0 radical (unpaired) electrons. The number of fused-ring (bicyclic) bond motifs is 1. The number of aromatic hydroxyl groups is 1. The van der Waals surface area contributed by atoms with Crippen molar-refractivity contribution in [1.82, 2.24) is 0 Å². The van der Waals surface area contributed by atoms with Crippen LogP contribution in [0.5, 0.6) is 5.75 Å². The van der Waals surface area contributed by atoms with Gasteiger partial charge >= 0.3 is 80.9 Å². The summed E-state index contributed by atoms with van der Waals surface area (Å²) in [5, 5.41) is 8.73. The summed E-state index contributed by atoms with van der Waals surface area (Å²) in [5.74, 6) is -0.954. The van der Waals surface area contributed by atoms with Crippen LogP contribution >= 0.6 is 0 Å². The molecule has 0 aliphatic heterocycles. The zero-order valence-electron chi connectivity index (χ0n) is 12.8. The second-order valence-corrected chi connectivity index (χ2v) is 8.62. The van der Waals surface area contributed by atoms with E-state index in [0.29, 0.717) is 24.3 Å². The molecule has 0 aliphatic carbocycles. The maximum atomic E-state index is 11.4. The summed E-state index contributed by atoms with van der Waals surface area (Å²) in [4.78, 5) is -2.89. The third-order valence-electron chi connectivity index (χ3n) is 2.81. The van der Waals surface area contributed by atoms with Crippen molar-refractivity contribution in [2.45, 2.75) is 14.7 Å². The third kappa shape index (κ3) is 5.92. The van der Waals surface area contributed by atoms with E-state index in [-0.39, 0.29) is 80.9 Å². The average Bonchev–Trinajstić information content (AvgIpc) is 2.33. The van der Waals surface area contributed by atoms with Crippen LogP contribution in [0.4, 0.5) is 0 Å². The Balaban J connectivity index is 0.00000288. The van der Waals surface area contributed by atoms with Gasteiger partial charge in [-0.25, -0.2) is 0 Å². The van der Waals surface area contributed by atoms with Gasteiger partial charge in [0.25, 0.3) is 30.4 Å². The van der Waals surface area contributed by atoms with E-state index in [0.717, 1.165) is 0 Å². The molecular weight excluding hydrogens is 438 g/mol. The fraction of sp³-hybridized carbons (Fsp3) is 0. The van der Waals surface area contributed by atoms with Gasteiger partial charge in [0.05, 0.1) is 9.79 Å². The molecule has 0 saturated carbocycles. The first-order valence-corrected chi connectivity index (χ1v) is 9.76. The minimum absolute atomic E-state index is 0. The van der Waals surface area contributed by atoms with Gasteiger partial charge in [0, 0.05) is 11.5 Å². The Kier molecular flexibility index (Phi) is 8.78. The van der Waals surface area contributed by atoms with E-state index in [9.17, 15) is 30.4 Å². The Morgan fingerprint density at radius 3 is 1.44 bits per heavy atom. The fourth-order valence-electron chi connectivity index (χ4n) is 1.90. The predicted octanol–water partition coefficient (Wildman–Crippen LogP) is -5.71. The smallest absolute Gasteiger partial charge is 0.507 e. The SMILES string of the molecule is O=S(=O)(O)c1cc(O)c2c(S(=O)(=O)O)cc(S(=O)(=O)O)cc2c1.[K+].[Na+]. The number of rotatable bonds is 3. The van der Waals surface area contributed by atoms with Gasteiger partial charge in [-0.2, -0.15) is 25.3 Å². The largest absolute Gasteiger partial charge is 1.00 e. The van der Waals surface area contributed by atoms with Gasteiger partial charge in [-0.15, -0.1) is 0 Å². The standard InChI is InChI=1S/C10H8O10S3.K.Na/c11-8-3-6(21(12,13)14)1-5-2-7(22(15,16)17)4-9(10(5)8)23(18,19)20;;/h1-4,11H,(H,12,13,14)(H,15,16,17)(H,18,19,20);;/q;2*+1. The molecule has 0 aromatic heterocycles. The molecule has 0 bridgehead atoms. The van der Waals surface area contributed by atoms with Crippen LogP contribution in [-0.2, 0) is 30.4 Å². The maximum Gasteiger partial charge on any atom is 1.00 e. The van der Waals surface area contributed by atoms with Crippen LogP contribution in [-0.4, -0.2) is 44.0 Å². The van der Waals surface area contributed by atoms with Gasteiger partial charge in [0.15, 0.2) is 0 Å². The monoisotopic (exact) mass is 446 g/mol. The van der Waals surface area contributed by atoms with Gasteiger partial charge < -0.3 is 5.11 Å². The van der Waals surface area contributed by atoms with Crippen molar-refractivity contribution < 1.29 is 125 Å². The van der Waals surface area contributed by atoms with Crippen LogP contribution in [0, 0.1) is 0 Å². The first kappa shape index (κ1) is 25.9. The van der Waals surface area contributed by atoms with E-state index >= 15 is 0 Å². The van der Waals surface area contributed by atoms with E-state index in [1.807, 2.05) is 0 Å². The first-order valence-electron chi connectivity index (χ1n) is 5.44. The van der Waals surface area contributed by atoms with Crippen molar-refractivity contribution in [3.63, 3.8) is 0 Å². The van der Waals surface area contributed by atoms with Crippen molar-refractivity contribution in [2.24, 2.45) is 0 Å². The molecule has 126 valence electrons. The molecule has 0 spiro atoms. The molecule has 15 heteroatoms. The summed E-state index contributed by atoms with van der Waals surface area (Å²) in [6.07, 6.45) is 0. The molecule has 0 heterocycles. The van der Waals surface area contributed by atoms with E-state index in [4.69, 9.17) is 13.7 Å². The van der Waals surface area contributed by atoms with Crippen molar-refractivity contribution in [1.29, 1.82) is 0 Å². The van der Waals surface area contributed by atoms with Gasteiger partial charge in [-0.05, 0) is 23.6 Å². The average molecular weight is 446 g/mol. The summed E-state index contributed by atoms with van der Waals surface area (Å²) in [7, 11) is -14.7. The van der Waals surface area contributed by atoms with Crippen LogP contribution in [0.2, 0.25) is 0 Å². The number of phenolic OH excluding ortho intramolecular Hbond substituents is 1. The number of hydrogen-bond donors (Lipinski definition) is 4. The molecule has 2 aromatic rings. The Hall–Kier alpha value is 0.866. The quantitative estimate of drug-likeness (QED) is 0.262. The molecule has 0 amide bonds. The minimum Gasteiger partial charge on any atom is -0.507 e. The predicted molar refractivity (Wildman–Crippen MR) is 75.1 cm³/mol. The van der Waals surface area contributed by atoms with Crippen LogP contribution < -0.4 is 80.9 Å². The number of benzene rings is 2. The fourth-order valence-corrected chi connectivity index (χ4v) is 3.81. The molecular formula is C10H8KNaO10S3+2. The van der Waals surface area contributed by atoms with E-state index in [2.05, 4.69) is 0 Å². The molecule has 0 atom stereocenters. The van der Waals surface area contributed by atoms with Crippen molar-refractivity contribution in [2.75, 3.05) is 0 Å². The van der Waals surface area contributed by atoms with E-state index in [1.54, 1.807) is 0 Å². The zero-order chi connectivity index (χ0) is 17.8. The first-order chi connectivity index (χ1) is 10.2. The van der Waals surface area contributed by atoms with Crippen LogP contribution in [0.3, 0.4) is 0 Å². The molecule has 25 heavy (non-hydrogen) atoms. The van der Waals surface area contributed by atoms with Crippen molar-refractivity contribution in [3.05, 3.63) is 24.3 Å². The van der Waals surface area contributed by atoms with E-state index in [1.165, 1.54) is 0 Å². The summed E-state index contributed by atoms with van der Waals surface area (Å²) in [6.45, 7) is 0. The second kappa shape index (κ2) is 8.48. The molecule has 0 fully saturated rings. The van der Waals surface area contributed by atoms with Crippen LogP contribution in [0.15, 0.2) is 39.0 Å². The Morgan fingerprint density at radius 2 is 1.08 bits per heavy atom. The van der Waals surface area contributed by atoms with Gasteiger partial charge in [0.2, 0.25) is 0 Å². The number of phenols is 1. The molecule has 0 unspecified atom stereocenters. The summed E-state index contributed by atoms with van der Waals surface area (Å²) < 4.78 is 94.4. The zero-order valence-corrected chi connectivity index (χ0v) is 20.3. The van der Waals surface area contributed by atoms with Crippen molar-refractivity contribution in [3.8, 4) is 5.75 Å². The molecule has 2 aromatic carbocycles. The van der Waals surface area contributed by atoms with Crippen LogP contribution in [0.25, 0.3) is 10.8 Å². The molecule has 0 aliphatic rings. The third-order valence-corrected chi connectivity index (χ3v) is 5.35. The Bertz CT molecular complexity index is 1130. The summed E-state index contributed by atoms with van der Waals surface area (Å²) in [6, 6.07) is 2.22. The Morgan fingerprint density at radius 1 is 0.680 bits per heavy atom. The normalized spacial score (nSPS) is 12.3. The van der Waals surface area contributed by atoms with Gasteiger partial charge in [-0.3, -0.25) is 13.7 Å². The topological polar surface area (TPSA) is 183 Å². The molecule has 10 nitrogen and oxygen atoms in total. The minimum atomic E-state index is -5.03. The molecule has 0 saturated heterocycles.